The Labute approximate surface area is 25.6 Å². The van der Waals surface area contributed by atoms with Crippen molar-refractivity contribution < 1.29 is 10.1 Å². The van der Waals surface area contributed by atoms with Crippen molar-refractivity contribution in [3.05, 3.63) is 0 Å². The van der Waals surface area contributed by atoms with E-state index in [0.717, 1.165) is 7.00 Å². The van der Waals surface area contributed by atoms with Gasteiger partial charge in [-0.2, -0.15) is 0 Å². The van der Waals surface area contributed by atoms with E-state index in [1.165, 1.54) is 0 Å². The molecule has 1 N–H and O–H groups in total. The first-order chi connectivity index (χ1) is 1.91. The number of rotatable bonds is 1. The molecular formula is H2B2O2. The van der Waals surface area contributed by atoms with E-state index in [1.54, 1.807) is 0 Å². The van der Waals surface area contributed by atoms with Crippen molar-refractivity contribution in [2.45, 2.75) is 0 Å². The molecule has 0 unspecified atom stereocenters. The molecule has 0 aromatic carbocycles. The zero-order valence-corrected chi connectivity index (χ0v) is 2.14. The summed E-state index contributed by atoms with van der Waals surface area (Å²) in [6, 6.07) is 0. The van der Waals surface area contributed by atoms with E-state index in [4.69, 9.17) is 5.26 Å². The van der Waals surface area contributed by atoms with E-state index in [0.29, 0.717) is 0 Å². The topological polar surface area (TPSA) is 29.5 Å². The van der Waals surface area contributed by atoms with Crippen molar-refractivity contribution in [1.29, 1.82) is 0 Å². The Morgan fingerprint density at radius 2 is 2.25 bits per heavy atom. The third kappa shape index (κ3) is 1.89. The van der Waals surface area contributed by atoms with Crippen molar-refractivity contribution in [3.8, 4) is 0 Å². The minimum absolute atomic E-state index is 0.931. The Morgan fingerprint density at radius 1 is 2.00 bits per heavy atom. The molecule has 0 aliphatic heterocycles. The maximum absolute atomic E-state index is 7.26. The van der Waals surface area contributed by atoms with Crippen LogP contribution in [0.5, 0.6) is 0 Å². The first-order valence-corrected chi connectivity index (χ1v) is 0.827. The van der Waals surface area contributed by atoms with Crippen LogP contribution in [0.3, 0.4) is 0 Å². The van der Waals surface area contributed by atoms with E-state index < -0.39 is 0 Å². The summed E-state index contributed by atoms with van der Waals surface area (Å²) in [5.74, 6) is 0. The van der Waals surface area contributed by atoms with Crippen molar-refractivity contribution in [2.75, 3.05) is 0 Å². The first kappa shape index (κ1) is 3.89. The summed E-state index contributed by atoms with van der Waals surface area (Å²) in [5.41, 5.74) is 0. The van der Waals surface area contributed by atoms with Gasteiger partial charge < -0.3 is 0 Å². The van der Waals surface area contributed by atoms with Gasteiger partial charge in [0.1, 0.15) is 0 Å². The quantitative estimate of drug-likeness (QED) is 0.235. The van der Waals surface area contributed by atoms with E-state index in [1.807, 2.05) is 0 Å². The Morgan fingerprint density at radius 3 is 2.25 bits per heavy atom. The number of hydrogen-bond donors (Lipinski definition) is 1. The van der Waals surface area contributed by atoms with Crippen LogP contribution in [0.15, 0.2) is 0 Å². The van der Waals surface area contributed by atoms with Gasteiger partial charge in [-0.3, -0.25) is 0 Å². The summed E-state index contributed by atoms with van der Waals surface area (Å²) in [6.07, 6.45) is 0. The average molecular weight is 55.6 g/mol. The molecule has 0 fully saturated rings. The van der Waals surface area contributed by atoms with Gasteiger partial charge in [-0.15, -0.1) is 0 Å². The molecule has 0 bridgehead atoms. The second-order valence-corrected chi connectivity index (χ2v) is 0.272. The predicted molar refractivity (Wildman–Crippen MR) is 16.6 cm³/mol. The van der Waals surface area contributed by atoms with Crippen LogP contribution in [-0.4, -0.2) is 19.6 Å². The summed E-state index contributed by atoms with van der Waals surface area (Å²) in [6.45, 7) is 0. The molecule has 4 heteroatoms. The Bertz CT molecular complexity index is 18.0. The van der Waals surface area contributed by atoms with Crippen LogP contribution in [0.2, 0.25) is 0 Å². The fourth-order valence-electron chi connectivity index (χ4n) is 0. The van der Waals surface area contributed by atoms with E-state index in [2.05, 4.69) is 12.2 Å². The summed E-state index contributed by atoms with van der Waals surface area (Å²) in [5, 5.41) is 7.26. The van der Waals surface area contributed by atoms with Gasteiger partial charge in [0.2, 0.25) is 0 Å². The molecule has 0 amide bonds. The maximum atomic E-state index is 7.26. The van der Waals surface area contributed by atoms with Gasteiger partial charge >= 0.3 is 24.4 Å². The van der Waals surface area contributed by atoms with Gasteiger partial charge in [-0.1, -0.05) is 0 Å². The summed E-state index contributed by atoms with van der Waals surface area (Å²) < 4.78 is 0. The van der Waals surface area contributed by atoms with Crippen LogP contribution in [0, 0.1) is 0 Å². The van der Waals surface area contributed by atoms with E-state index in [-0.39, 0.29) is 0 Å². The molecule has 4 heavy (non-hydrogen) atoms. The molecule has 2 nitrogen and oxygen atoms in total. The number of hydrogen-bond acceptors (Lipinski definition) is 2. The molecule has 0 rings (SSSR count). The normalized spacial score (nSPS) is 4.00. The molecule has 0 spiro atoms. The van der Waals surface area contributed by atoms with Crippen molar-refractivity contribution in [1.82, 2.24) is 0 Å². The van der Waals surface area contributed by atoms with Gasteiger partial charge in [0.25, 0.3) is 0 Å². The zero-order chi connectivity index (χ0) is 3.41. The Hall–Kier alpha value is -0.110. The third-order valence-corrected chi connectivity index (χ3v) is 0.0745. The second-order valence-electron chi connectivity index (χ2n) is 0.272. The average Bonchev–Trinajstić information content (AvgIpc) is 1.37. The van der Waals surface area contributed by atoms with E-state index in [9.17, 15) is 0 Å². The summed E-state index contributed by atoms with van der Waals surface area (Å²) in [4.78, 5) is 3.31. The van der Waals surface area contributed by atoms with E-state index >= 15 is 0 Å². The second kappa shape index (κ2) is 2.89. The van der Waals surface area contributed by atoms with Gasteiger partial charge in [0, 0.05) is 0 Å². The summed E-state index contributed by atoms with van der Waals surface area (Å²) >= 11 is 0. The standard InChI is InChI=1S/B2H2O2/c1-2-4-3/h1,3H. The summed E-state index contributed by atoms with van der Waals surface area (Å²) in [7, 11) is 3.94. The van der Waals surface area contributed by atoms with Gasteiger partial charge in [0.05, 0.1) is 0 Å². The van der Waals surface area contributed by atoms with Crippen LogP contribution in [0.4, 0.5) is 0 Å². The monoisotopic (exact) mass is 56.0 g/mol. The Kier molecular flexibility index (Phi) is 2.81. The molecule has 0 radical (unpaired) electrons. The van der Waals surface area contributed by atoms with Crippen LogP contribution in [-0.2, 0) is 4.81 Å². The molecule has 20 valence electrons. The van der Waals surface area contributed by atoms with Crippen molar-refractivity contribution in [3.63, 3.8) is 0 Å². The van der Waals surface area contributed by atoms with Gasteiger partial charge in [0.15, 0.2) is 0 Å². The Balaban J connectivity index is 2.30. The minimum atomic E-state index is 0.931. The first-order valence-electron chi connectivity index (χ1n) is 0.827. The molecule has 0 saturated carbocycles. The molecule has 0 saturated heterocycles. The van der Waals surface area contributed by atoms with Crippen molar-refractivity contribution in [2.24, 2.45) is 0 Å². The van der Waals surface area contributed by atoms with Crippen LogP contribution in [0.1, 0.15) is 0 Å². The molecule has 0 aliphatic carbocycles. The SMILES string of the molecule is B=BOO. The fourth-order valence-corrected chi connectivity index (χ4v) is 0. The van der Waals surface area contributed by atoms with Crippen LogP contribution < -0.4 is 0 Å². The van der Waals surface area contributed by atoms with Gasteiger partial charge in [-0.05, 0) is 0 Å². The predicted octanol–water partition coefficient (Wildman–Crippen LogP) is -1.09. The fraction of sp³-hybridized carbons (Fsp3) is 0. The molecule has 0 heterocycles. The molecule has 0 atom stereocenters. The van der Waals surface area contributed by atoms with Crippen LogP contribution in [0.25, 0.3) is 0 Å². The molecular weight excluding hydrogens is 53.6 g/mol. The molecule has 0 aromatic heterocycles. The zero-order valence-electron chi connectivity index (χ0n) is 2.14. The van der Waals surface area contributed by atoms with Crippen molar-refractivity contribution >= 4 is 14.4 Å². The molecule has 0 aromatic rings. The van der Waals surface area contributed by atoms with Gasteiger partial charge in [-0.25, -0.2) is 0 Å². The van der Waals surface area contributed by atoms with Crippen LogP contribution >= 0.6 is 0 Å². The molecule has 0 aliphatic rings. The third-order valence-electron chi connectivity index (χ3n) is 0.0745.